The summed E-state index contributed by atoms with van der Waals surface area (Å²) in [5, 5.41) is 21.4. The zero-order chi connectivity index (χ0) is 12.3. The minimum atomic E-state index is -0.886. The number of benzene rings is 1. The van der Waals surface area contributed by atoms with Crippen LogP contribution in [0.4, 0.5) is 11.4 Å². The minimum absolute atomic E-state index is 0.0641. The maximum Gasteiger partial charge on any atom is 0.346 e. The third-order valence-electron chi connectivity index (χ3n) is 1.90. The van der Waals surface area contributed by atoms with Crippen LogP contribution in [0.5, 0.6) is 0 Å². The van der Waals surface area contributed by atoms with Gasteiger partial charge < -0.3 is 0 Å². The van der Waals surface area contributed by atoms with Gasteiger partial charge in [0.2, 0.25) is 0 Å². The summed E-state index contributed by atoms with van der Waals surface area (Å²) in [6.45, 7) is 0. The van der Waals surface area contributed by atoms with E-state index in [1.165, 1.54) is 0 Å². The van der Waals surface area contributed by atoms with Crippen molar-refractivity contribution < 1.29 is 14.6 Å². The van der Waals surface area contributed by atoms with E-state index in [9.17, 15) is 25.0 Å². The number of nitro groups is 2. The summed E-state index contributed by atoms with van der Waals surface area (Å²) in [6, 6.07) is 1.93. The summed E-state index contributed by atoms with van der Waals surface area (Å²) in [7, 11) is 0. The number of halogens is 1. The van der Waals surface area contributed by atoms with E-state index in [2.05, 4.69) is 15.9 Å². The molecule has 0 aliphatic rings. The zero-order valence-corrected chi connectivity index (χ0v) is 9.34. The normalized spacial score (nSPS) is 9.81. The maximum absolute atomic E-state index is 10.6. The van der Waals surface area contributed by atoms with Crippen molar-refractivity contribution in [2.45, 2.75) is 5.33 Å². The van der Waals surface area contributed by atoms with Gasteiger partial charge in [-0.25, -0.2) is 0 Å². The molecule has 0 bridgehead atoms. The fraction of sp³-hybridized carbons (Fsp3) is 0.125. The lowest BCUT2D eigenvalue weighted by Gasteiger charge is -2.01. The lowest BCUT2D eigenvalue weighted by molar-refractivity contribution is -0.422. The van der Waals surface area contributed by atoms with Gasteiger partial charge in [0.15, 0.2) is 6.29 Å². The Morgan fingerprint density at radius 3 is 2.06 bits per heavy atom. The molecule has 0 spiro atoms. The number of alkyl halides is 1. The SMILES string of the molecule is O=Cc1cc([N+](=O)[O-])c([N+](=O)[O-])cc1CBr. The van der Waals surface area contributed by atoms with Crippen LogP contribution in [0.1, 0.15) is 15.9 Å². The Labute approximate surface area is 97.5 Å². The molecule has 1 aromatic rings. The highest BCUT2D eigenvalue weighted by Gasteiger charge is 2.26. The third kappa shape index (κ3) is 2.22. The summed E-state index contributed by atoms with van der Waals surface area (Å²) in [5.41, 5.74) is -0.900. The molecule has 0 saturated carbocycles. The molecule has 0 aromatic heterocycles. The highest BCUT2D eigenvalue weighted by Crippen LogP contribution is 2.30. The fourth-order valence-corrected chi connectivity index (χ4v) is 1.64. The van der Waals surface area contributed by atoms with Crippen LogP contribution in [0.3, 0.4) is 0 Å². The molecule has 0 unspecified atom stereocenters. The number of aldehydes is 1. The molecule has 0 atom stereocenters. The van der Waals surface area contributed by atoms with Crippen molar-refractivity contribution in [2.24, 2.45) is 0 Å². The van der Waals surface area contributed by atoms with Gasteiger partial charge in [-0.2, -0.15) is 0 Å². The molecular formula is C8H5BrN2O5. The smallest absolute Gasteiger partial charge is 0.298 e. The molecule has 84 valence electrons. The Morgan fingerprint density at radius 2 is 1.69 bits per heavy atom. The number of carbonyl (C=O) groups excluding carboxylic acids is 1. The number of hydrogen-bond donors (Lipinski definition) is 0. The first kappa shape index (κ1) is 12.2. The third-order valence-corrected chi connectivity index (χ3v) is 2.50. The Hall–Kier alpha value is -1.83. The highest BCUT2D eigenvalue weighted by atomic mass is 79.9. The fourth-order valence-electron chi connectivity index (χ4n) is 1.15. The predicted octanol–water partition coefficient (Wildman–Crippen LogP) is 2.21. The molecule has 0 aliphatic carbocycles. The molecular weight excluding hydrogens is 284 g/mol. The monoisotopic (exact) mass is 288 g/mol. The first-order valence-corrected chi connectivity index (χ1v) is 5.10. The van der Waals surface area contributed by atoms with Crippen LogP contribution in [0.15, 0.2) is 12.1 Å². The van der Waals surface area contributed by atoms with Crippen molar-refractivity contribution in [1.82, 2.24) is 0 Å². The average molecular weight is 289 g/mol. The Balaban J connectivity index is 3.53. The van der Waals surface area contributed by atoms with Gasteiger partial charge in [-0.05, 0) is 5.56 Å². The molecule has 0 radical (unpaired) electrons. The first-order chi connectivity index (χ1) is 7.51. The second-order valence-corrected chi connectivity index (χ2v) is 3.37. The molecule has 0 fully saturated rings. The quantitative estimate of drug-likeness (QED) is 0.366. The average Bonchev–Trinajstić information content (AvgIpc) is 2.26. The molecule has 1 aromatic carbocycles. The van der Waals surface area contributed by atoms with Crippen LogP contribution in [0.25, 0.3) is 0 Å². The van der Waals surface area contributed by atoms with Gasteiger partial charge in [0.1, 0.15) is 0 Å². The van der Waals surface area contributed by atoms with Crippen molar-refractivity contribution in [1.29, 1.82) is 0 Å². The van der Waals surface area contributed by atoms with Crippen molar-refractivity contribution >= 4 is 33.6 Å². The molecule has 0 amide bonds. The standard InChI is InChI=1S/C8H5BrN2O5/c9-3-5-1-7(10(13)14)8(11(15)16)2-6(5)4-12/h1-2,4H,3H2. The lowest BCUT2D eigenvalue weighted by Crippen LogP contribution is -2.00. The van der Waals surface area contributed by atoms with Crippen molar-refractivity contribution in [3.63, 3.8) is 0 Å². The van der Waals surface area contributed by atoms with E-state index in [4.69, 9.17) is 0 Å². The number of nitrogens with zero attached hydrogens (tertiary/aromatic N) is 2. The van der Waals surface area contributed by atoms with Crippen molar-refractivity contribution in [3.05, 3.63) is 43.5 Å². The van der Waals surface area contributed by atoms with E-state index in [0.717, 1.165) is 12.1 Å². The first-order valence-electron chi connectivity index (χ1n) is 3.98. The van der Waals surface area contributed by atoms with E-state index < -0.39 is 21.2 Å². The Morgan fingerprint density at radius 1 is 1.19 bits per heavy atom. The maximum atomic E-state index is 10.6. The highest BCUT2D eigenvalue weighted by molar-refractivity contribution is 9.08. The van der Waals surface area contributed by atoms with E-state index in [0.29, 0.717) is 11.8 Å². The lowest BCUT2D eigenvalue weighted by atomic mass is 10.1. The summed E-state index contributed by atoms with van der Waals surface area (Å²) < 4.78 is 0. The van der Waals surface area contributed by atoms with Crippen LogP contribution in [0.2, 0.25) is 0 Å². The van der Waals surface area contributed by atoms with Crippen LogP contribution in [-0.2, 0) is 5.33 Å². The second-order valence-electron chi connectivity index (χ2n) is 2.81. The largest absolute Gasteiger partial charge is 0.346 e. The van der Waals surface area contributed by atoms with Crippen LogP contribution in [-0.4, -0.2) is 16.1 Å². The molecule has 16 heavy (non-hydrogen) atoms. The van der Waals surface area contributed by atoms with Gasteiger partial charge in [-0.15, -0.1) is 0 Å². The van der Waals surface area contributed by atoms with E-state index >= 15 is 0 Å². The molecule has 1 rings (SSSR count). The van der Waals surface area contributed by atoms with Gasteiger partial charge in [-0.3, -0.25) is 25.0 Å². The molecule has 8 heteroatoms. The topological polar surface area (TPSA) is 103 Å². The second kappa shape index (κ2) is 4.79. The van der Waals surface area contributed by atoms with Crippen LogP contribution in [0, 0.1) is 20.2 Å². The molecule has 0 heterocycles. The summed E-state index contributed by atoms with van der Waals surface area (Å²) >= 11 is 3.04. The van der Waals surface area contributed by atoms with Gasteiger partial charge in [-0.1, -0.05) is 15.9 Å². The number of nitro benzene ring substituents is 2. The van der Waals surface area contributed by atoms with Gasteiger partial charge in [0, 0.05) is 23.0 Å². The molecule has 0 aliphatic heterocycles. The number of hydrogen-bond acceptors (Lipinski definition) is 5. The number of carbonyl (C=O) groups is 1. The molecule has 0 saturated heterocycles. The Kier molecular flexibility index (Phi) is 3.67. The van der Waals surface area contributed by atoms with E-state index in [1.54, 1.807) is 0 Å². The number of rotatable bonds is 4. The van der Waals surface area contributed by atoms with Gasteiger partial charge in [0.25, 0.3) is 0 Å². The van der Waals surface area contributed by atoms with E-state index in [1.807, 2.05) is 0 Å². The van der Waals surface area contributed by atoms with E-state index in [-0.39, 0.29) is 10.9 Å². The minimum Gasteiger partial charge on any atom is -0.298 e. The van der Waals surface area contributed by atoms with Crippen LogP contribution >= 0.6 is 15.9 Å². The van der Waals surface area contributed by atoms with Gasteiger partial charge >= 0.3 is 11.4 Å². The summed E-state index contributed by atoms with van der Waals surface area (Å²) in [5.74, 6) is 0. The summed E-state index contributed by atoms with van der Waals surface area (Å²) in [4.78, 5) is 30.1. The predicted molar refractivity (Wildman–Crippen MR) is 57.8 cm³/mol. The summed E-state index contributed by atoms with van der Waals surface area (Å²) in [6.07, 6.45) is 0.424. The van der Waals surface area contributed by atoms with Gasteiger partial charge in [0.05, 0.1) is 9.85 Å². The molecule has 0 N–H and O–H groups in total. The van der Waals surface area contributed by atoms with Crippen LogP contribution < -0.4 is 0 Å². The molecule has 7 nitrogen and oxygen atoms in total. The van der Waals surface area contributed by atoms with Crippen molar-refractivity contribution in [3.8, 4) is 0 Å². The zero-order valence-electron chi connectivity index (χ0n) is 7.75. The Bertz CT molecular complexity index is 474. The van der Waals surface area contributed by atoms with Crippen molar-refractivity contribution in [2.75, 3.05) is 0 Å².